The first-order valence-corrected chi connectivity index (χ1v) is 11.4. The number of nitrogens with zero attached hydrogens (tertiary/aromatic N) is 2. The third-order valence-corrected chi connectivity index (χ3v) is 6.07. The summed E-state index contributed by atoms with van der Waals surface area (Å²) in [6.45, 7) is 1.49. The molecule has 1 saturated heterocycles. The van der Waals surface area contributed by atoms with E-state index in [1.54, 1.807) is 30.2 Å². The molecule has 0 radical (unpaired) electrons. The molecule has 1 aliphatic rings. The van der Waals surface area contributed by atoms with E-state index in [1.165, 1.54) is 6.92 Å². The lowest BCUT2D eigenvalue weighted by molar-refractivity contribution is -0.245. The summed E-state index contributed by atoms with van der Waals surface area (Å²) in [4.78, 5) is 19.8. The van der Waals surface area contributed by atoms with Crippen molar-refractivity contribution < 1.29 is 19.4 Å². The zero-order chi connectivity index (χ0) is 22.3. The summed E-state index contributed by atoms with van der Waals surface area (Å²) in [5, 5.41) is 12.8. The fraction of sp³-hybridized carbons (Fsp3) is 0.292. The van der Waals surface area contributed by atoms with Crippen molar-refractivity contribution in [3.8, 4) is 0 Å². The van der Waals surface area contributed by atoms with E-state index < -0.39 is 6.29 Å². The number of aromatic nitrogens is 2. The van der Waals surface area contributed by atoms with Gasteiger partial charge in [-0.25, -0.2) is 9.97 Å². The summed E-state index contributed by atoms with van der Waals surface area (Å²) >= 11 is 1.55. The highest BCUT2D eigenvalue weighted by molar-refractivity contribution is 7.99. The summed E-state index contributed by atoms with van der Waals surface area (Å²) < 4.78 is 12.6. The largest absolute Gasteiger partial charge is 0.392 e. The van der Waals surface area contributed by atoms with Crippen molar-refractivity contribution in [1.29, 1.82) is 0 Å². The van der Waals surface area contributed by atoms with Gasteiger partial charge < -0.3 is 19.9 Å². The van der Waals surface area contributed by atoms with Gasteiger partial charge in [0.25, 0.3) is 0 Å². The second kappa shape index (κ2) is 10.7. The molecule has 1 amide bonds. The molecule has 1 aliphatic heterocycles. The van der Waals surface area contributed by atoms with Gasteiger partial charge in [-0.2, -0.15) is 0 Å². The number of nitrogens with one attached hydrogen (secondary N) is 1. The second-order valence-corrected chi connectivity index (χ2v) is 8.48. The molecule has 7 nitrogen and oxygen atoms in total. The lowest BCUT2D eigenvalue weighted by Gasteiger charge is -2.36. The number of aliphatic hydroxyl groups excluding tert-OH is 1. The molecule has 0 bridgehead atoms. The van der Waals surface area contributed by atoms with Gasteiger partial charge in [0.1, 0.15) is 0 Å². The van der Waals surface area contributed by atoms with E-state index in [-0.39, 0.29) is 24.7 Å². The van der Waals surface area contributed by atoms with Gasteiger partial charge in [0.15, 0.2) is 11.4 Å². The zero-order valence-corrected chi connectivity index (χ0v) is 18.5. The third kappa shape index (κ3) is 5.92. The highest BCUT2D eigenvalue weighted by Gasteiger charge is 2.32. The van der Waals surface area contributed by atoms with E-state index in [4.69, 9.17) is 9.47 Å². The molecule has 2 N–H and O–H groups in total. The van der Waals surface area contributed by atoms with E-state index in [9.17, 15) is 9.90 Å². The average Bonchev–Trinajstić information content (AvgIpc) is 2.83. The van der Waals surface area contributed by atoms with Crippen LogP contribution in [-0.4, -0.2) is 32.8 Å². The molecule has 166 valence electrons. The molecule has 4 rings (SSSR count). The van der Waals surface area contributed by atoms with E-state index in [1.807, 2.05) is 48.5 Å². The Balaban J connectivity index is 1.52. The first-order chi connectivity index (χ1) is 15.6. The number of thioether (sulfide) groups is 1. The molecule has 8 heteroatoms. The standard InChI is InChI=1S/C24H25N3O4S/c1-16(29)27-20-9-7-19(8-10-20)23-30-21(15-32-24-25-11-2-12-26-24)13-22(31-23)18-5-3-17(14-28)4-6-18/h2-12,21-23,28H,13-15H2,1H3,(H,27,29)/t21-,22+,23+/m1/s1. The predicted molar refractivity (Wildman–Crippen MR) is 122 cm³/mol. The molecule has 0 unspecified atom stereocenters. The highest BCUT2D eigenvalue weighted by atomic mass is 32.2. The van der Waals surface area contributed by atoms with Crippen molar-refractivity contribution in [2.75, 3.05) is 11.1 Å². The van der Waals surface area contributed by atoms with Crippen molar-refractivity contribution in [3.05, 3.63) is 83.7 Å². The van der Waals surface area contributed by atoms with Crippen LogP contribution in [0.25, 0.3) is 0 Å². The lowest BCUT2D eigenvalue weighted by Crippen LogP contribution is -2.31. The van der Waals surface area contributed by atoms with E-state index in [0.29, 0.717) is 17.3 Å². The molecule has 1 fully saturated rings. The van der Waals surface area contributed by atoms with Crippen LogP contribution in [0.1, 0.15) is 42.4 Å². The average molecular weight is 452 g/mol. The monoisotopic (exact) mass is 451 g/mol. The van der Waals surface area contributed by atoms with Gasteiger partial charge in [-0.05, 0) is 29.3 Å². The maximum atomic E-state index is 11.3. The van der Waals surface area contributed by atoms with Crippen LogP contribution in [0, 0.1) is 0 Å². The highest BCUT2D eigenvalue weighted by Crippen LogP contribution is 2.39. The van der Waals surface area contributed by atoms with Gasteiger partial charge in [0.05, 0.1) is 18.8 Å². The lowest BCUT2D eigenvalue weighted by atomic mass is 10.0. The van der Waals surface area contributed by atoms with Gasteiger partial charge in [0.2, 0.25) is 5.91 Å². The molecule has 0 spiro atoms. The van der Waals surface area contributed by atoms with Crippen LogP contribution in [0.3, 0.4) is 0 Å². The number of benzene rings is 2. The predicted octanol–water partition coefficient (Wildman–Crippen LogP) is 4.27. The Labute approximate surface area is 191 Å². The Morgan fingerprint density at radius 3 is 2.41 bits per heavy atom. The number of aliphatic hydroxyl groups is 1. The SMILES string of the molecule is CC(=O)Nc1ccc([C@H]2O[C@@H](CSc3ncccn3)C[C@@H](c3ccc(CO)cc3)O2)cc1. The summed E-state index contributed by atoms with van der Waals surface area (Å²) in [5.41, 5.74) is 3.50. The van der Waals surface area contributed by atoms with Crippen LogP contribution in [0.15, 0.2) is 72.1 Å². The Morgan fingerprint density at radius 1 is 1.06 bits per heavy atom. The molecular formula is C24H25N3O4S. The number of carbonyl (C=O) groups is 1. The maximum absolute atomic E-state index is 11.3. The van der Waals surface area contributed by atoms with E-state index >= 15 is 0 Å². The molecule has 2 heterocycles. The molecule has 1 aromatic heterocycles. The van der Waals surface area contributed by atoms with Crippen molar-refractivity contribution in [1.82, 2.24) is 9.97 Å². The van der Waals surface area contributed by atoms with Gasteiger partial charge >= 0.3 is 0 Å². The summed E-state index contributed by atoms with van der Waals surface area (Å²) in [6.07, 6.45) is 3.38. The van der Waals surface area contributed by atoms with Crippen molar-refractivity contribution in [3.63, 3.8) is 0 Å². The van der Waals surface area contributed by atoms with Gasteiger partial charge in [-0.15, -0.1) is 0 Å². The minimum absolute atomic E-state index is 0.00846. The fourth-order valence-electron chi connectivity index (χ4n) is 3.48. The summed E-state index contributed by atoms with van der Waals surface area (Å²) in [5.74, 6) is 0.577. The number of ether oxygens (including phenoxy) is 2. The minimum Gasteiger partial charge on any atom is -0.392 e. The normalized spacial score (nSPS) is 20.6. The number of rotatable bonds is 7. The Hall–Kier alpha value is -2.78. The number of hydrogen-bond acceptors (Lipinski definition) is 7. The third-order valence-electron chi connectivity index (χ3n) is 5.06. The Kier molecular flexibility index (Phi) is 7.49. The molecular weight excluding hydrogens is 426 g/mol. The van der Waals surface area contributed by atoms with Crippen LogP contribution in [0.5, 0.6) is 0 Å². The van der Waals surface area contributed by atoms with Crippen LogP contribution >= 0.6 is 11.8 Å². The van der Waals surface area contributed by atoms with Crippen molar-refractivity contribution in [2.24, 2.45) is 0 Å². The van der Waals surface area contributed by atoms with Crippen LogP contribution in [0.4, 0.5) is 5.69 Å². The number of carbonyl (C=O) groups excluding carboxylic acids is 1. The summed E-state index contributed by atoms with van der Waals surface area (Å²) in [7, 11) is 0. The van der Waals surface area contributed by atoms with Gasteiger partial charge in [-0.3, -0.25) is 4.79 Å². The first-order valence-electron chi connectivity index (χ1n) is 10.4. The molecule has 3 atom stereocenters. The molecule has 2 aromatic carbocycles. The van der Waals surface area contributed by atoms with E-state index in [2.05, 4.69) is 15.3 Å². The first kappa shape index (κ1) is 22.4. The van der Waals surface area contributed by atoms with Crippen LogP contribution < -0.4 is 5.32 Å². The number of amides is 1. The minimum atomic E-state index is -0.542. The maximum Gasteiger partial charge on any atom is 0.221 e. The van der Waals surface area contributed by atoms with E-state index in [0.717, 1.165) is 22.4 Å². The Bertz CT molecular complexity index is 1020. The topological polar surface area (TPSA) is 93.6 Å². The second-order valence-electron chi connectivity index (χ2n) is 7.50. The van der Waals surface area contributed by atoms with Crippen LogP contribution in [0.2, 0.25) is 0 Å². The fourth-order valence-corrected chi connectivity index (χ4v) is 4.30. The molecule has 0 aliphatic carbocycles. The smallest absolute Gasteiger partial charge is 0.221 e. The molecule has 0 saturated carbocycles. The number of hydrogen-bond donors (Lipinski definition) is 2. The quantitative estimate of drug-likeness (QED) is 0.409. The van der Waals surface area contributed by atoms with Crippen LogP contribution in [-0.2, 0) is 20.9 Å². The van der Waals surface area contributed by atoms with Crippen molar-refractivity contribution in [2.45, 2.75) is 43.6 Å². The zero-order valence-electron chi connectivity index (χ0n) is 17.7. The Morgan fingerprint density at radius 2 is 1.75 bits per heavy atom. The molecule has 3 aromatic rings. The van der Waals surface area contributed by atoms with Crippen molar-refractivity contribution >= 4 is 23.4 Å². The van der Waals surface area contributed by atoms with Gasteiger partial charge in [-0.1, -0.05) is 48.2 Å². The summed E-state index contributed by atoms with van der Waals surface area (Å²) in [6, 6.07) is 17.1. The van der Waals surface area contributed by atoms with Gasteiger partial charge in [0, 0.05) is 42.7 Å². The number of anilines is 1. The molecule has 32 heavy (non-hydrogen) atoms.